The number of carbonyl (C=O) groups excluding carboxylic acids is 1. The third-order valence-electron chi connectivity index (χ3n) is 4.31. The van der Waals surface area contributed by atoms with E-state index in [1.165, 1.54) is 89.9 Å². The summed E-state index contributed by atoms with van der Waals surface area (Å²) in [6.07, 6.45) is 21.8. The minimum Gasteiger partial charge on any atom is -0.359 e. The minimum absolute atomic E-state index is 0.431. The molecule has 0 aromatic rings. The molecule has 0 atom stereocenters. The molecule has 0 rings (SSSR count). The first-order valence-corrected chi connectivity index (χ1v) is 9.92. The second-order valence-corrected chi connectivity index (χ2v) is 6.57. The van der Waals surface area contributed by atoms with Crippen molar-refractivity contribution in [2.75, 3.05) is 20.5 Å². The molecule has 0 amide bonds. The van der Waals surface area contributed by atoms with Crippen LogP contribution in [0.15, 0.2) is 0 Å². The van der Waals surface area contributed by atoms with Gasteiger partial charge in [0, 0.05) is 20.1 Å². The van der Waals surface area contributed by atoms with Gasteiger partial charge in [0.15, 0.2) is 0 Å². The lowest BCUT2D eigenvalue weighted by molar-refractivity contribution is -0.107. The quantitative estimate of drug-likeness (QED) is 0.155. The highest BCUT2D eigenvalue weighted by Crippen LogP contribution is 2.13. The van der Waals surface area contributed by atoms with E-state index in [1.54, 1.807) is 7.11 Å². The zero-order valence-corrected chi connectivity index (χ0v) is 15.5. The lowest BCUT2D eigenvalue weighted by Crippen LogP contribution is -1.98. The monoisotopic (exact) mass is 328 g/mol. The number of hydrogen-bond acceptors (Lipinski definition) is 3. The van der Waals surface area contributed by atoms with Crippen LogP contribution in [0.2, 0.25) is 0 Å². The Labute approximate surface area is 144 Å². The third kappa shape index (κ3) is 21.6. The van der Waals surface area contributed by atoms with Crippen LogP contribution >= 0.6 is 0 Å². The Balaban J connectivity index is 2.93. The number of methoxy groups -OCH3 is 1. The molecular formula is C20H40O3. The summed E-state index contributed by atoms with van der Waals surface area (Å²) < 4.78 is 10.1. The van der Waals surface area contributed by atoms with Crippen molar-refractivity contribution in [2.24, 2.45) is 0 Å². The number of ether oxygens (including phenoxy) is 2. The smallest absolute Gasteiger partial charge is 0.146 e. The Morgan fingerprint density at radius 2 is 1.00 bits per heavy atom. The number of unbranched alkanes of at least 4 members (excludes halogenated alkanes) is 15. The average Bonchev–Trinajstić information content (AvgIpc) is 2.57. The Bertz CT molecular complexity index is 219. The molecule has 3 heteroatoms. The first-order chi connectivity index (χ1) is 11.4. The van der Waals surface area contributed by atoms with Crippen LogP contribution in [0.3, 0.4) is 0 Å². The molecular weight excluding hydrogens is 288 g/mol. The molecule has 23 heavy (non-hydrogen) atoms. The van der Waals surface area contributed by atoms with Gasteiger partial charge >= 0.3 is 0 Å². The Morgan fingerprint density at radius 3 is 1.39 bits per heavy atom. The van der Waals surface area contributed by atoms with Crippen molar-refractivity contribution in [3.8, 4) is 0 Å². The van der Waals surface area contributed by atoms with Crippen LogP contribution in [0.1, 0.15) is 103 Å². The molecule has 0 fully saturated rings. The molecule has 0 heterocycles. The van der Waals surface area contributed by atoms with Gasteiger partial charge in [0.1, 0.15) is 13.1 Å². The highest BCUT2D eigenvalue weighted by Gasteiger charge is 1.95. The Hall–Kier alpha value is -0.410. The molecule has 0 aromatic carbocycles. The lowest BCUT2D eigenvalue weighted by atomic mass is 10.0. The number of aldehydes is 1. The fourth-order valence-electron chi connectivity index (χ4n) is 2.87. The molecule has 0 radical (unpaired) electrons. The van der Waals surface area contributed by atoms with Gasteiger partial charge in [0.25, 0.3) is 0 Å². The molecule has 0 unspecified atom stereocenters. The normalized spacial score (nSPS) is 11.0. The van der Waals surface area contributed by atoms with Crippen LogP contribution in [0.5, 0.6) is 0 Å². The predicted molar refractivity (Wildman–Crippen MR) is 97.8 cm³/mol. The highest BCUT2D eigenvalue weighted by molar-refractivity contribution is 5.48. The van der Waals surface area contributed by atoms with Gasteiger partial charge in [0.2, 0.25) is 0 Å². The summed E-state index contributed by atoms with van der Waals surface area (Å²) in [6.45, 7) is 1.27. The topological polar surface area (TPSA) is 35.5 Å². The molecule has 0 saturated carbocycles. The van der Waals surface area contributed by atoms with E-state index in [1.807, 2.05) is 0 Å². The summed E-state index contributed by atoms with van der Waals surface area (Å²) in [4.78, 5) is 10.2. The van der Waals surface area contributed by atoms with Crippen molar-refractivity contribution in [2.45, 2.75) is 103 Å². The number of hydrogen-bond donors (Lipinski definition) is 0. The summed E-state index contributed by atoms with van der Waals surface area (Å²) in [5, 5.41) is 0. The van der Waals surface area contributed by atoms with Gasteiger partial charge in [-0.25, -0.2) is 0 Å². The van der Waals surface area contributed by atoms with Crippen molar-refractivity contribution < 1.29 is 14.3 Å². The van der Waals surface area contributed by atoms with Gasteiger partial charge in [-0.3, -0.25) is 0 Å². The fourth-order valence-corrected chi connectivity index (χ4v) is 2.87. The van der Waals surface area contributed by atoms with Crippen LogP contribution < -0.4 is 0 Å². The van der Waals surface area contributed by atoms with E-state index < -0.39 is 0 Å². The van der Waals surface area contributed by atoms with E-state index in [-0.39, 0.29) is 0 Å². The van der Waals surface area contributed by atoms with Gasteiger partial charge < -0.3 is 14.3 Å². The average molecular weight is 329 g/mol. The maximum Gasteiger partial charge on any atom is 0.146 e. The zero-order valence-electron chi connectivity index (χ0n) is 15.5. The van der Waals surface area contributed by atoms with Gasteiger partial charge in [-0.05, 0) is 12.8 Å². The standard InChI is InChI=1S/C20H40O3/c1-22-20-23-19-17-15-13-11-9-7-5-3-2-4-6-8-10-12-14-16-18-21/h18H,2-17,19-20H2,1H3. The maximum atomic E-state index is 10.2. The van der Waals surface area contributed by atoms with E-state index in [2.05, 4.69) is 0 Å². The molecule has 0 aliphatic heterocycles. The van der Waals surface area contributed by atoms with Crippen LogP contribution in [-0.2, 0) is 14.3 Å². The largest absolute Gasteiger partial charge is 0.359 e. The van der Waals surface area contributed by atoms with Crippen LogP contribution in [0.4, 0.5) is 0 Å². The maximum absolute atomic E-state index is 10.2. The highest BCUT2D eigenvalue weighted by atomic mass is 16.7. The fraction of sp³-hybridized carbons (Fsp3) is 0.950. The van der Waals surface area contributed by atoms with Crippen molar-refractivity contribution >= 4 is 6.29 Å². The second-order valence-electron chi connectivity index (χ2n) is 6.57. The second kappa shape index (κ2) is 21.6. The van der Waals surface area contributed by atoms with Crippen molar-refractivity contribution in [3.63, 3.8) is 0 Å². The molecule has 0 spiro atoms. The van der Waals surface area contributed by atoms with Crippen LogP contribution in [0.25, 0.3) is 0 Å². The first-order valence-electron chi connectivity index (χ1n) is 9.92. The van der Waals surface area contributed by atoms with E-state index in [9.17, 15) is 4.79 Å². The summed E-state index contributed by atoms with van der Waals surface area (Å²) in [7, 11) is 1.66. The van der Waals surface area contributed by atoms with Crippen LogP contribution in [-0.4, -0.2) is 26.8 Å². The summed E-state index contributed by atoms with van der Waals surface area (Å²) >= 11 is 0. The summed E-state index contributed by atoms with van der Waals surface area (Å²) in [5.41, 5.74) is 0. The third-order valence-corrected chi connectivity index (χ3v) is 4.31. The van der Waals surface area contributed by atoms with Gasteiger partial charge in [-0.2, -0.15) is 0 Å². The van der Waals surface area contributed by atoms with Crippen molar-refractivity contribution in [1.82, 2.24) is 0 Å². The first kappa shape index (κ1) is 22.6. The Morgan fingerprint density at radius 1 is 0.609 bits per heavy atom. The van der Waals surface area contributed by atoms with E-state index >= 15 is 0 Å². The summed E-state index contributed by atoms with van der Waals surface area (Å²) in [6, 6.07) is 0. The number of carbonyl (C=O) groups is 1. The summed E-state index contributed by atoms with van der Waals surface area (Å²) in [5.74, 6) is 0. The zero-order chi connectivity index (χ0) is 16.8. The molecule has 0 aromatic heterocycles. The lowest BCUT2D eigenvalue weighted by Gasteiger charge is -2.04. The SMILES string of the molecule is COCOCCCCCCCCCCCCCCCCCC=O. The Kier molecular flexibility index (Phi) is 21.2. The molecule has 0 saturated heterocycles. The molecule has 138 valence electrons. The van der Waals surface area contributed by atoms with Gasteiger partial charge in [-0.1, -0.05) is 83.5 Å². The predicted octanol–water partition coefficient (Wildman–Crippen LogP) is 6.05. The molecule has 3 nitrogen and oxygen atoms in total. The molecule has 0 aliphatic rings. The van der Waals surface area contributed by atoms with Crippen molar-refractivity contribution in [3.05, 3.63) is 0 Å². The van der Waals surface area contributed by atoms with E-state index in [0.717, 1.165) is 25.7 Å². The van der Waals surface area contributed by atoms with Crippen molar-refractivity contribution in [1.29, 1.82) is 0 Å². The number of rotatable bonds is 20. The van der Waals surface area contributed by atoms with Gasteiger partial charge in [0.05, 0.1) is 0 Å². The van der Waals surface area contributed by atoms with E-state index in [0.29, 0.717) is 6.79 Å². The van der Waals surface area contributed by atoms with E-state index in [4.69, 9.17) is 9.47 Å². The molecule has 0 aliphatic carbocycles. The minimum atomic E-state index is 0.431. The molecule has 0 bridgehead atoms. The van der Waals surface area contributed by atoms with Crippen LogP contribution in [0, 0.1) is 0 Å². The van der Waals surface area contributed by atoms with Gasteiger partial charge in [-0.15, -0.1) is 0 Å². The molecule has 0 N–H and O–H groups in total.